The van der Waals surface area contributed by atoms with Gasteiger partial charge in [-0.15, -0.1) is 12.4 Å². The molecule has 0 bridgehead atoms. The molecule has 6 heteroatoms. The predicted molar refractivity (Wildman–Crippen MR) is 112 cm³/mol. The van der Waals surface area contributed by atoms with Crippen LogP contribution in [0.3, 0.4) is 0 Å². The Kier molecular flexibility index (Phi) is 5.97. The molecule has 0 amide bonds. The molecule has 0 N–H and O–H groups in total. The number of rotatable bonds is 3. The number of halogens is 2. The molecule has 4 rings (SSSR count). The van der Waals surface area contributed by atoms with Gasteiger partial charge in [-0.25, -0.2) is 9.97 Å². The summed E-state index contributed by atoms with van der Waals surface area (Å²) in [4.78, 5) is 14.0. The number of hydrogen-bond donors (Lipinski definition) is 0. The summed E-state index contributed by atoms with van der Waals surface area (Å²) in [6, 6.07) is 14.4. The highest BCUT2D eigenvalue weighted by molar-refractivity contribution is 6.29. The SMILES string of the molecule is CCN1CCN(c2nc(-c3ccnc(Cl)c3)cc3ccccc23)CC1.Cl. The lowest BCUT2D eigenvalue weighted by Gasteiger charge is -2.35. The van der Waals surface area contributed by atoms with E-state index in [4.69, 9.17) is 16.6 Å². The van der Waals surface area contributed by atoms with Gasteiger partial charge in [0.05, 0.1) is 5.69 Å². The summed E-state index contributed by atoms with van der Waals surface area (Å²) in [7, 11) is 0. The first kappa shape index (κ1) is 18.9. The number of aromatic nitrogens is 2. The Morgan fingerprint density at radius 3 is 2.54 bits per heavy atom. The van der Waals surface area contributed by atoms with Crippen molar-refractivity contribution in [2.24, 2.45) is 0 Å². The lowest BCUT2D eigenvalue weighted by Crippen LogP contribution is -2.46. The summed E-state index contributed by atoms with van der Waals surface area (Å²) in [6.07, 6.45) is 1.73. The van der Waals surface area contributed by atoms with Gasteiger partial charge < -0.3 is 9.80 Å². The van der Waals surface area contributed by atoms with Crippen LogP contribution < -0.4 is 4.90 Å². The summed E-state index contributed by atoms with van der Waals surface area (Å²) < 4.78 is 0. The van der Waals surface area contributed by atoms with Gasteiger partial charge in [-0.3, -0.25) is 0 Å². The molecule has 0 spiro atoms. The van der Waals surface area contributed by atoms with Gasteiger partial charge in [-0.1, -0.05) is 42.8 Å². The van der Waals surface area contributed by atoms with Crippen LogP contribution in [-0.2, 0) is 0 Å². The van der Waals surface area contributed by atoms with Gasteiger partial charge in [0.2, 0.25) is 0 Å². The third kappa shape index (κ3) is 3.78. The van der Waals surface area contributed by atoms with Gasteiger partial charge in [0.15, 0.2) is 0 Å². The molecule has 26 heavy (non-hydrogen) atoms. The van der Waals surface area contributed by atoms with Crippen molar-refractivity contribution in [1.82, 2.24) is 14.9 Å². The van der Waals surface area contributed by atoms with E-state index >= 15 is 0 Å². The van der Waals surface area contributed by atoms with Crippen LogP contribution in [0.2, 0.25) is 5.15 Å². The fourth-order valence-electron chi connectivity index (χ4n) is 3.41. The maximum Gasteiger partial charge on any atom is 0.137 e. The first-order valence-corrected chi connectivity index (χ1v) is 9.11. The zero-order chi connectivity index (χ0) is 17.2. The maximum atomic E-state index is 6.08. The van der Waals surface area contributed by atoms with E-state index in [1.807, 2.05) is 12.1 Å². The molecule has 4 nitrogen and oxygen atoms in total. The zero-order valence-electron chi connectivity index (χ0n) is 14.7. The number of pyridine rings is 2. The van der Waals surface area contributed by atoms with Crippen molar-refractivity contribution in [2.75, 3.05) is 37.6 Å². The molecule has 3 heterocycles. The monoisotopic (exact) mass is 388 g/mol. The molecular formula is C20H22Cl2N4. The average molecular weight is 389 g/mol. The molecule has 3 aromatic rings. The van der Waals surface area contributed by atoms with Gasteiger partial charge in [0, 0.05) is 43.3 Å². The molecular weight excluding hydrogens is 367 g/mol. The minimum atomic E-state index is 0. The van der Waals surface area contributed by atoms with E-state index < -0.39 is 0 Å². The minimum Gasteiger partial charge on any atom is -0.354 e. The van der Waals surface area contributed by atoms with E-state index in [2.05, 4.69) is 52.0 Å². The van der Waals surface area contributed by atoms with E-state index in [9.17, 15) is 0 Å². The Labute approximate surface area is 165 Å². The molecule has 1 fully saturated rings. The van der Waals surface area contributed by atoms with Crippen molar-refractivity contribution in [3.05, 3.63) is 53.8 Å². The first-order chi connectivity index (χ1) is 12.2. The van der Waals surface area contributed by atoms with Gasteiger partial charge in [0.25, 0.3) is 0 Å². The van der Waals surface area contributed by atoms with Crippen molar-refractivity contribution in [3.63, 3.8) is 0 Å². The van der Waals surface area contributed by atoms with Crippen LogP contribution in [0.1, 0.15) is 6.92 Å². The number of benzene rings is 1. The second-order valence-electron chi connectivity index (χ2n) is 6.34. The van der Waals surface area contributed by atoms with E-state index in [-0.39, 0.29) is 12.4 Å². The maximum absolute atomic E-state index is 6.08. The Morgan fingerprint density at radius 2 is 1.81 bits per heavy atom. The predicted octanol–water partition coefficient (Wildman–Crippen LogP) is 4.51. The lowest BCUT2D eigenvalue weighted by molar-refractivity contribution is 0.271. The summed E-state index contributed by atoms with van der Waals surface area (Å²) >= 11 is 6.08. The Balaban J connectivity index is 0.00000196. The van der Waals surface area contributed by atoms with Gasteiger partial charge in [-0.2, -0.15) is 0 Å². The number of anilines is 1. The van der Waals surface area contributed by atoms with E-state index in [1.165, 1.54) is 10.8 Å². The molecule has 0 aliphatic carbocycles. The highest BCUT2D eigenvalue weighted by Crippen LogP contribution is 2.31. The summed E-state index contributed by atoms with van der Waals surface area (Å²) in [5.41, 5.74) is 1.94. The number of hydrogen-bond acceptors (Lipinski definition) is 4. The van der Waals surface area contributed by atoms with Crippen LogP contribution in [0.5, 0.6) is 0 Å². The van der Waals surface area contributed by atoms with Crippen molar-refractivity contribution < 1.29 is 0 Å². The molecule has 0 atom stereocenters. The molecule has 0 saturated carbocycles. The molecule has 0 radical (unpaired) electrons. The normalized spacial score (nSPS) is 15.1. The summed E-state index contributed by atoms with van der Waals surface area (Å²) in [5, 5.41) is 2.90. The number of likely N-dealkylation sites (N-methyl/N-ethyl adjacent to an activating group) is 1. The van der Waals surface area contributed by atoms with Crippen LogP contribution in [-0.4, -0.2) is 47.6 Å². The van der Waals surface area contributed by atoms with E-state index in [1.54, 1.807) is 6.20 Å². The molecule has 136 valence electrons. The molecule has 1 aromatic carbocycles. The molecule has 1 saturated heterocycles. The van der Waals surface area contributed by atoms with Gasteiger partial charge in [-0.05, 0) is 30.1 Å². The Morgan fingerprint density at radius 1 is 1.04 bits per heavy atom. The molecule has 2 aromatic heterocycles. The van der Waals surface area contributed by atoms with Crippen molar-refractivity contribution in [1.29, 1.82) is 0 Å². The zero-order valence-corrected chi connectivity index (χ0v) is 16.3. The highest BCUT2D eigenvalue weighted by Gasteiger charge is 2.19. The van der Waals surface area contributed by atoms with Crippen LogP contribution in [0, 0.1) is 0 Å². The van der Waals surface area contributed by atoms with Gasteiger partial charge >= 0.3 is 0 Å². The van der Waals surface area contributed by atoms with Gasteiger partial charge in [0.1, 0.15) is 11.0 Å². The fourth-order valence-corrected chi connectivity index (χ4v) is 3.58. The lowest BCUT2D eigenvalue weighted by atomic mass is 10.1. The van der Waals surface area contributed by atoms with Crippen LogP contribution in [0.4, 0.5) is 5.82 Å². The average Bonchev–Trinajstić information content (AvgIpc) is 2.67. The topological polar surface area (TPSA) is 32.3 Å². The molecule has 1 aliphatic rings. The van der Waals surface area contributed by atoms with Crippen LogP contribution in [0.15, 0.2) is 48.7 Å². The first-order valence-electron chi connectivity index (χ1n) is 8.73. The van der Waals surface area contributed by atoms with Crippen LogP contribution in [0.25, 0.3) is 22.0 Å². The number of nitrogens with zero attached hydrogens (tertiary/aromatic N) is 4. The summed E-state index contributed by atoms with van der Waals surface area (Å²) in [5.74, 6) is 1.07. The summed E-state index contributed by atoms with van der Waals surface area (Å²) in [6.45, 7) is 7.50. The highest BCUT2D eigenvalue weighted by atomic mass is 35.5. The minimum absolute atomic E-state index is 0. The second-order valence-corrected chi connectivity index (χ2v) is 6.73. The van der Waals surface area contributed by atoms with E-state index in [0.29, 0.717) is 5.15 Å². The smallest absolute Gasteiger partial charge is 0.137 e. The van der Waals surface area contributed by atoms with Crippen molar-refractivity contribution in [3.8, 4) is 11.3 Å². The molecule has 1 aliphatic heterocycles. The van der Waals surface area contributed by atoms with Crippen molar-refractivity contribution in [2.45, 2.75) is 6.92 Å². The number of piperazine rings is 1. The standard InChI is InChI=1S/C20H21ClN4.ClH/c1-2-24-9-11-25(12-10-24)20-17-6-4-3-5-15(17)13-18(23-20)16-7-8-22-19(21)14-16;/h3-8,13-14H,2,9-12H2,1H3;1H. The Hall–Kier alpha value is -1.88. The second kappa shape index (κ2) is 8.21. The largest absolute Gasteiger partial charge is 0.354 e. The van der Waals surface area contributed by atoms with E-state index in [0.717, 1.165) is 49.8 Å². The third-order valence-electron chi connectivity index (χ3n) is 4.86. The fraction of sp³-hybridized carbons (Fsp3) is 0.300. The quantitative estimate of drug-likeness (QED) is 0.617. The number of fused-ring (bicyclic) bond motifs is 1. The van der Waals surface area contributed by atoms with Crippen LogP contribution >= 0.6 is 24.0 Å². The third-order valence-corrected chi connectivity index (χ3v) is 5.07. The molecule has 0 unspecified atom stereocenters. The Bertz CT molecular complexity index is 892. The van der Waals surface area contributed by atoms with Crippen molar-refractivity contribution >= 4 is 40.6 Å².